The second-order valence-electron chi connectivity index (χ2n) is 3.34. The van der Waals surface area contributed by atoms with Gasteiger partial charge in [-0.1, -0.05) is 0 Å². The minimum atomic E-state index is -0.762. The molecule has 60 valence electrons. The third-order valence-electron chi connectivity index (χ3n) is 2.40. The van der Waals surface area contributed by atoms with E-state index in [0.29, 0.717) is 13.0 Å². The quantitative estimate of drug-likeness (QED) is 0.580. The molecule has 1 N–H and O–H groups in total. The largest absolute Gasteiger partial charge is 0.394 e. The number of aliphatic hydroxyl groups is 1. The van der Waals surface area contributed by atoms with Gasteiger partial charge < -0.3 is 5.11 Å². The Balaban J connectivity index is 2.61. The van der Waals surface area contributed by atoms with Gasteiger partial charge in [0.15, 0.2) is 0 Å². The molecule has 10 heavy (non-hydrogen) atoms. The highest BCUT2D eigenvalue weighted by atomic mass is 19.1. The maximum atomic E-state index is 12.7. The first-order valence-electron chi connectivity index (χ1n) is 3.55. The summed E-state index contributed by atoms with van der Waals surface area (Å²) in [5, 5.41) is 8.91. The minimum absolute atomic E-state index is 0.0456. The second kappa shape index (κ2) is 2.47. The molecule has 2 nitrogen and oxygen atoms in total. The highest BCUT2D eigenvalue weighted by Crippen LogP contribution is 2.28. The number of rotatable bonds is 1. The van der Waals surface area contributed by atoms with Gasteiger partial charge in [0.25, 0.3) is 0 Å². The Labute approximate surface area is 60.6 Å². The number of alkyl halides is 1. The van der Waals surface area contributed by atoms with Crippen LogP contribution in [-0.2, 0) is 0 Å². The van der Waals surface area contributed by atoms with E-state index in [1.807, 2.05) is 18.9 Å². The number of likely N-dealkylation sites (tertiary alicyclic amines) is 1. The van der Waals surface area contributed by atoms with Crippen molar-refractivity contribution in [1.29, 1.82) is 0 Å². The van der Waals surface area contributed by atoms with E-state index in [-0.39, 0.29) is 12.1 Å². The molecule has 1 aliphatic heterocycles. The Morgan fingerprint density at radius 2 is 2.40 bits per heavy atom. The van der Waals surface area contributed by atoms with Gasteiger partial charge in [0, 0.05) is 18.5 Å². The number of aliphatic hydroxyl groups excluding tert-OH is 1. The van der Waals surface area contributed by atoms with E-state index < -0.39 is 6.17 Å². The molecular weight excluding hydrogens is 133 g/mol. The van der Waals surface area contributed by atoms with Gasteiger partial charge in [-0.25, -0.2) is 4.39 Å². The normalized spacial score (nSPS) is 42.6. The van der Waals surface area contributed by atoms with Crippen molar-refractivity contribution < 1.29 is 9.50 Å². The SMILES string of the molecule is CN1C[C@H](F)CC1(C)CO. The summed E-state index contributed by atoms with van der Waals surface area (Å²) in [6, 6.07) is 0. The van der Waals surface area contributed by atoms with Gasteiger partial charge in [0.05, 0.1) is 6.61 Å². The number of nitrogens with zero attached hydrogens (tertiary/aromatic N) is 1. The second-order valence-corrected chi connectivity index (χ2v) is 3.34. The van der Waals surface area contributed by atoms with Crippen LogP contribution < -0.4 is 0 Å². The van der Waals surface area contributed by atoms with E-state index in [0.717, 1.165) is 0 Å². The van der Waals surface area contributed by atoms with Crippen molar-refractivity contribution >= 4 is 0 Å². The Bertz CT molecular complexity index is 131. The first kappa shape index (κ1) is 7.95. The van der Waals surface area contributed by atoms with Crippen LogP contribution in [0.5, 0.6) is 0 Å². The van der Waals surface area contributed by atoms with Crippen LogP contribution >= 0.6 is 0 Å². The van der Waals surface area contributed by atoms with Crippen molar-refractivity contribution in [3.8, 4) is 0 Å². The molecule has 0 aliphatic carbocycles. The van der Waals surface area contributed by atoms with E-state index in [9.17, 15) is 4.39 Å². The van der Waals surface area contributed by atoms with Crippen LogP contribution in [0.2, 0.25) is 0 Å². The zero-order chi connectivity index (χ0) is 7.78. The van der Waals surface area contributed by atoms with Crippen LogP contribution in [0.3, 0.4) is 0 Å². The van der Waals surface area contributed by atoms with E-state index in [2.05, 4.69) is 0 Å². The third-order valence-corrected chi connectivity index (χ3v) is 2.40. The lowest BCUT2D eigenvalue weighted by Gasteiger charge is -2.28. The number of hydrogen-bond acceptors (Lipinski definition) is 2. The number of likely N-dealkylation sites (N-methyl/N-ethyl adjacent to an activating group) is 1. The van der Waals surface area contributed by atoms with Gasteiger partial charge in [-0.2, -0.15) is 0 Å². The van der Waals surface area contributed by atoms with Crippen molar-refractivity contribution in [2.45, 2.75) is 25.1 Å². The van der Waals surface area contributed by atoms with Crippen LogP contribution in [0, 0.1) is 0 Å². The fourth-order valence-electron chi connectivity index (χ4n) is 1.40. The van der Waals surface area contributed by atoms with E-state index >= 15 is 0 Å². The summed E-state index contributed by atoms with van der Waals surface area (Å²) in [6.45, 7) is 2.38. The van der Waals surface area contributed by atoms with Crippen molar-refractivity contribution in [1.82, 2.24) is 4.90 Å². The lowest BCUT2D eigenvalue weighted by molar-refractivity contribution is 0.0999. The lowest BCUT2D eigenvalue weighted by Crippen LogP contribution is -2.41. The molecule has 0 aromatic heterocycles. The maximum absolute atomic E-state index is 12.7. The standard InChI is InChI=1S/C7H14FNO/c1-7(5-10)3-6(8)4-9(7)2/h6,10H,3-5H2,1-2H3/t6-,7?/m1/s1. The fraction of sp³-hybridized carbons (Fsp3) is 1.00. The average molecular weight is 147 g/mol. The Kier molecular flexibility index (Phi) is 1.97. The first-order chi connectivity index (χ1) is 4.58. The summed E-state index contributed by atoms with van der Waals surface area (Å²) in [5.74, 6) is 0. The molecule has 0 spiro atoms. The summed E-state index contributed by atoms with van der Waals surface area (Å²) < 4.78 is 12.7. The molecule has 0 aromatic rings. The summed E-state index contributed by atoms with van der Waals surface area (Å²) >= 11 is 0. The summed E-state index contributed by atoms with van der Waals surface area (Å²) in [4.78, 5) is 1.87. The molecule has 2 atom stereocenters. The predicted molar refractivity (Wildman–Crippen MR) is 37.6 cm³/mol. The molecular formula is C7H14FNO. The molecule has 1 rings (SSSR count). The van der Waals surface area contributed by atoms with Crippen molar-refractivity contribution in [3.63, 3.8) is 0 Å². The van der Waals surface area contributed by atoms with Gasteiger partial charge in [-0.05, 0) is 14.0 Å². The summed E-state index contributed by atoms with van der Waals surface area (Å²) in [5.41, 5.74) is -0.320. The molecule has 1 unspecified atom stereocenters. The van der Waals surface area contributed by atoms with E-state index in [1.54, 1.807) is 0 Å². The lowest BCUT2D eigenvalue weighted by atomic mass is 10.0. The number of hydrogen-bond donors (Lipinski definition) is 1. The Hall–Kier alpha value is -0.150. The maximum Gasteiger partial charge on any atom is 0.115 e. The Morgan fingerprint density at radius 1 is 1.80 bits per heavy atom. The molecule has 1 heterocycles. The third kappa shape index (κ3) is 1.16. The predicted octanol–water partition coefficient (Wildman–Crippen LogP) is 0.411. The van der Waals surface area contributed by atoms with Crippen LogP contribution in [0.15, 0.2) is 0 Å². The van der Waals surface area contributed by atoms with Crippen molar-refractivity contribution in [2.75, 3.05) is 20.2 Å². The van der Waals surface area contributed by atoms with Gasteiger partial charge >= 0.3 is 0 Å². The van der Waals surface area contributed by atoms with E-state index in [4.69, 9.17) is 5.11 Å². The topological polar surface area (TPSA) is 23.5 Å². The number of halogens is 1. The average Bonchev–Trinajstić information content (AvgIpc) is 2.09. The van der Waals surface area contributed by atoms with Gasteiger partial charge in [0.1, 0.15) is 6.17 Å². The Morgan fingerprint density at radius 3 is 2.60 bits per heavy atom. The summed E-state index contributed by atoms with van der Waals surface area (Å²) in [7, 11) is 1.84. The zero-order valence-corrected chi connectivity index (χ0v) is 6.47. The highest BCUT2D eigenvalue weighted by molar-refractivity contribution is 4.94. The summed E-state index contributed by atoms with van der Waals surface area (Å²) in [6.07, 6.45) is -0.304. The van der Waals surface area contributed by atoms with Gasteiger partial charge in [-0.15, -0.1) is 0 Å². The van der Waals surface area contributed by atoms with E-state index in [1.165, 1.54) is 0 Å². The van der Waals surface area contributed by atoms with Crippen molar-refractivity contribution in [3.05, 3.63) is 0 Å². The van der Waals surface area contributed by atoms with Gasteiger partial charge in [0.2, 0.25) is 0 Å². The molecule has 1 saturated heterocycles. The zero-order valence-electron chi connectivity index (χ0n) is 6.47. The molecule has 0 bridgehead atoms. The first-order valence-corrected chi connectivity index (χ1v) is 3.55. The molecule has 0 saturated carbocycles. The molecule has 0 amide bonds. The van der Waals surface area contributed by atoms with Crippen LogP contribution in [0.4, 0.5) is 4.39 Å². The van der Waals surface area contributed by atoms with Crippen LogP contribution in [-0.4, -0.2) is 41.9 Å². The molecule has 0 aromatic carbocycles. The monoisotopic (exact) mass is 147 g/mol. The minimum Gasteiger partial charge on any atom is -0.394 e. The smallest absolute Gasteiger partial charge is 0.115 e. The molecule has 3 heteroatoms. The molecule has 0 radical (unpaired) electrons. The molecule has 1 fully saturated rings. The van der Waals surface area contributed by atoms with Gasteiger partial charge in [-0.3, -0.25) is 4.90 Å². The molecule has 1 aliphatic rings. The fourth-order valence-corrected chi connectivity index (χ4v) is 1.40. The van der Waals surface area contributed by atoms with Crippen molar-refractivity contribution in [2.24, 2.45) is 0 Å². The van der Waals surface area contributed by atoms with Crippen LogP contribution in [0.25, 0.3) is 0 Å². The van der Waals surface area contributed by atoms with Crippen LogP contribution in [0.1, 0.15) is 13.3 Å². The highest BCUT2D eigenvalue weighted by Gasteiger charge is 2.39.